The van der Waals surface area contributed by atoms with Crippen LogP contribution in [0.1, 0.15) is 0 Å². The van der Waals surface area contributed by atoms with E-state index in [0.29, 0.717) is 22.9 Å². The summed E-state index contributed by atoms with van der Waals surface area (Å²) in [6.45, 7) is -0.00273. The molecule has 0 spiro atoms. The Morgan fingerprint density at radius 3 is 2.19 bits per heavy atom. The van der Waals surface area contributed by atoms with Crippen LogP contribution in [0.2, 0.25) is 0 Å². The Labute approximate surface area is 157 Å². The highest BCUT2D eigenvalue weighted by Crippen LogP contribution is 2.28. The van der Waals surface area contributed by atoms with Crippen molar-refractivity contribution in [2.45, 2.75) is 0 Å². The number of benzene rings is 2. The van der Waals surface area contributed by atoms with Gasteiger partial charge in [0, 0.05) is 11.8 Å². The van der Waals surface area contributed by atoms with Gasteiger partial charge in [-0.15, -0.1) is 0 Å². The van der Waals surface area contributed by atoms with Gasteiger partial charge in [-0.25, -0.2) is 4.39 Å². The average molecular weight is 375 g/mol. The molecular weight excluding hydrogens is 353 g/mol. The maximum Gasteiger partial charge on any atom is 0.238 e. The molecule has 0 aliphatic rings. The van der Waals surface area contributed by atoms with Crippen LogP contribution in [-0.4, -0.2) is 51.1 Å². The van der Waals surface area contributed by atoms with Gasteiger partial charge in [0.2, 0.25) is 11.8 Å². The van der Waals surface area contributed by atoms with E-state index in [9.17, 15) is 14.0 Å². The van der Waals surface area contributed by atoms with E-state index in [4.69, 9.17) is 9.47 Å². The molecular formula is C19H22FN3O4. The van der Waals surface area contributed by atoms with E-state index in [2.05, 4.69) is 10.6 Å². The van der Waals surface area contributed by atoms with E-state index >= 15 is 0 Å². The van der Waals surface area contributed by atoms with Crippen LogP contribution in [0.5, 0.6) is 11.5 Å². The van der Waals surface area contributed by atoms with Gasteiger partial charge in [0.25, 0.3) is 0 Å². The SMILES string of the molecule is COc1ccc(OC)c(NC(=O)CN(C)CC(=O)Nc2ccc(F)cc2)c1. The van der Waals surface area contributed by atoms with E-state index in [-0.39, 0.29) is 30.7 Å². The second-order valence-electron chi connectivity index (χ2n) is 5.84. The van der Waals surface area contributed by atoms with Crippen molar-refractivity contribution in [2.75, 3.05) is 45.0 Å². The summed E-state index contributed by atoms with van der Waals surface area (Å²) in [5, 5.41) is 5.38. The highest BCUT2D eigenvalue weighted by Gasteiger charge is 2.13. The number of methoxy groups -OCH3 is 2. The van der Waals surface area contributed by atoms with Crippen molar-refractivity contribution in [2.24, 2.45) is 0 Å². The summed E-state index contributed by atoms with van der Waals surface area (Å²) in [5.74, 6) is 0.0863. The van der Waals surface area contributed by atoms with Gasteiger partial charge in [-0.05, 0) is 43.4 Å². The molecule has 0 aromatic heterocycles. The van der Waals surface area contributed by atoms with Crippen molar-refractivity contribution < 1.29 is 23.5 Å². The summed E-state index contributed by atoms with van der Waals surface area (Å²) in [4.78, 5) is 25.8. The molecule has 0 bridgehead atoms. The monoisotopic (exact) mass is 375 g/mol. The van der Waals surface area contributed by atoms with E-state index in [1.54, 1.807) is 30.1 Å². The number of carbonyl (C=O) groups excluding carboxylic acids is 2. The first-order valence-electron chi connectivity index (χ1n) is 8.17. The molecule has 0 aliphatic heterocycles. The van der Waals surface area contributed by atoms with Crippen molar-refractivity contribution in [1.29, 1.82) is 0 Å². The number of anilines is 2. The molecule has 144 valence electrons. The summed E-state index contributed by atoms with van der Waals surface area (Å²) < 4.78 is 23.2. The maximum absolute atomic E-state index is 12.9. The first-order chi connectivity index (χ1) is 12.9. The van der Waals surface area contributed by atoms with Crippen LogP contribution in [0.25, 0.3) is 0 Å². The number of nitrogens with one attached hydrogen (secondary N) is 2. The Hall–Kier alpha value is -3.13. The number of amides is 2. The van der Waals surface area contributed by atoms with Crippen LogP contribution in [0.3, 0.4) is 0 Å². The minimum absolute atomic E-state index is 0.0000418. The molecule has 0 heterocycles. The van der Waals surface area contributed by atoms with E-state index in [1.807, 2.05) is 0 Å². The molecule has 0 saturated carbocycles. The molecule has 0 atom stereocenters. The molecule has 0 radical (unpaired) electrons. The fourth-order valence-corrected chi connectivity index (χ4v) is 2.38. The third-order valence-electron chi connectivity index (χ3n) is 3.64. The van der Waals surface area contributed by atoms with Crippen LogP contribution in [0.4, 0.5) is 15.8 Å². The maximum atomic E-state index is 12.9. The predicted molar refractivity (Wildman–Crippen MR) is 101 cm³/mol. The molecule has 0 unspecified atom stereocenters. The second kappa shape index (κ2) is 9.54. The first-order valence-corrected chi connectivity index (χ1v) is 8.17. The van der Waals surface area contributed by atoms with Gasteiger partial charge in [0.1, 0.15) is 17.3 Å². The highest BCUT2D eigenvalue weighted by atomic mass is 19.1. The zero-order valence-electron chi connectivity index (χ0n) is 15.4. The van der Waals surface area contributed by atoms with Gasteiger partial charge in [-0.3, -0.25) is 14.5 Å². The largest absolute Gasteiger partial charge is 0.497 e. The lowest BCUT2D eigenvalue weighted by Crippen LogP contribution is -2.36. The molecule has 27 heavy (non-hydrogen) atoms. The number of carbonyl (C=O) groups is 2. The fraction of sp³-hybridized carbons (Fsp3) is 0.263. The summed E-state index contributed by atoms with van der Waals surface area (Å²) in [5.41, 5.74) is 0.964. The average Bonchev–Trinajstić information content (AvgIpc) is 2.63. The van der Waals surface area contributed by atoms with Crippen LogP contribution >= 0.6 is 0 Å². The number of ether oxygens (including phenoxy) is 2. The topological polar surface area (TPSA) is 79.9 Å². The molecule has 2 aromatic carbocycles. The zero-order chi connectivity index (χ0) is 19.8. The van der Waals surface area contributed by atoms with E-state index in [0.717, 1.165) is 0 Å². The summed E-state index contributed by atoms with van der Waals surface area (Å²) in [6.07, 6.45) is 0. The lowest BCUT2D eigenvalue weighted by molar-refractivity contribution is -0.119. The molecule has 2 N–H and O–H groups in total. The number of hydrogen-bond donors (Lipinski definition) is 2. The smallest absolute Gasteiger partial charge is 0.238 e. The molecule has 2 amide bonds. The fourth-order valence-electron chi connectivity index (χ4n) is 2.38. The minimum atomic E-state index is -0.380. The van der Waals surface area contributed by atoms with Crippen LogP contribution < -0.4 is 20.1 Å². The number of hydrogen-bond acceptors (Lipinski definition) is 5. The highest BCUT2D eigenvalue weighted by molar-refractivity contribution is 5.95. The van der Waals surface area contributed by atoms with Gasteiger partial charge in [0.15, 0.2) is 0 Å². The first kappa shape index (κ1) is 20.2. The van der Waals surface area contributed by atoms with Gasteiger partial charge >= 0.3 is 0 Å². The van der Waals surface area contributed by atoms with Gasteiger partial charge in [-0.1, -0.05) is 0 Å². The number of rotatable bonds is 8. The van der Waals surface area contributed by atoms with Crippen molar-refractivity contribution in [3.05, 3.63) is 48.3 Å². The Morgan fingerprint density at radius 1 is 0.963 bits per heavy atom. The van der Waals surface area contributed by atoms with Crippen LogP contribution in [0.15, 0.2) is 42.5 Å². The standard InChI is InChI=1S/C19H22FN3O4/c1-23(11-18(24)21-14-6-4-13(20)5-7-14)12-19(25)22-16-10-15(26-2)8-9-17(16)27-3/h4-10H,11-12H2,1-3H3,(H,21,24)(H,22,25). The predicted octanol–water partition coefficient (Wildman–Crippen LogP) is 2.35. The second-order valence-corrected chi connectivity index (χ2v) is 5.84. The van der Waals surface area contributed by atoms with Gasteiger partial charge in [-0.2, -0.15) is 0 Å². The third kappa shape index (κ3) is 6.27. The lowest BCUT2D eigenvalue weighted by Gasteiger charge is -2.17. The van der Waals surface area contributed by atoms with Crippen molar-refractivity contribution in [1.82, 2.24) is 4.90 Å². The normalized spacial score (nSPS) is 10.4. The van der Waals surface area contributed by atoms with Crippen molar-refractivity contribution >= 4 is 23.2 Å². The van der Waals surface area contributed by atoms with E-state index in [1.165, 1.54) is 38.5 Å². The number of nitrogens with zero attached hydrogens (tertiary/aromatic N) is 1. The zero-order valence-corrected chi connectivity index (χ0v) is 15.4. The lowest BCUT2D eigenvalue weighted by atomic mass is 10.2. The molecule has 8 heteroatoms. The third-order valence-corrected chi connectivity index (χ3v) is 3.64. The summed E-state index contributed by atoms with van der Waals surface area (Å²) >= 11 is 0. The quantitative estimate of drug-likeness (QED) is 0.740. The van der Waals surface area contributed by atoms with Crippen molar-refractivity contribution in [3.63, 3.8) is 0 Å². The van der Waals surface area contributed by atoms with Crippen molar-refractivity contribution in [3.8, 4) is 11.5 Å². The van der Waals surface area contributed by atoms with Gasteiger partial charge < -0.3 is 20.1 Å². The van der Waals surface area contributed by atoms with Crippen LogP contribution in [0, 0.1) is 5.82 Å². The Balaban J connectivity index is 1.88. The molecule has 0 fully saturated rings. The Morgan fingerprint density at radius 2 is 1.59 bits per heavy atom. The minimum Gasteiger partial charge on any atom is -0.497 e. The molecule has 7 nitrogen and oxygen atoms in total. The molecule has 2 rings (SSSR count). The van der Waals surface area contributed by atoms with Gasteiger partial charge in [0.05, 0.1) is 33.0 Å². The summed E-state index contributed by atoms with van der Waals surface area (Å²) in [6, 6.07) is 10.5. The van der Waals surface area contributed by atoms with E-state index < -0.39 is 0 Å². The summed E-state index contributed by atoms with van der Waals surface area (Å²) in [7, 11) is 4.68. The number of likely N-dealkylation sites (N-methyl/N-ethyl adjacent to an activating group) is 1. The molecule has 0 saturated heterocycles. The molecule has 0 aliphatic carbocycles. The molecule has 2 aromatic rings. The van der Waals surface area contributed by atoms with Crippen LogP contribution in [-0.2, 0) is 9.59 Å². The Kier molecular flexibility index (Phi) is 7.13. The number of halogens is 1. The Bertz CT molecular complexity index is 796.